The second-order valence-electron chi connectivity index (χ2n) is 6.47. The molecule has 2 aliphatic heterocycles. The van der Waals surface area contributed by atoms with E-state index in [9.17, 15) is 13.2 Å². The molecule has 1 atom stereocenters. The molecule has 136 valence electrons. The van der Waals surface area contributed by atoms with Crippen LogP contribution >= 0.6 is 11.8 Å². The molecule has 0 radical (unpaired) electrons. The van der Waals surface area contributed by atoms with E-state index in [0.29, 0.717) is 12.2 Å². The molecule has 0 unspecified atom stereocenters. The summed E-state index contributed by atoms with van der Waals surface area (Å²) >= 11 is 1.49. The number of benzene rings is 2. The van der Waals surface area contributed by atoms with E-state index >= 15 is 0 Å². The molecule has 1 N–H and O–H groups in total. The van der Waals surface area contributed by atoms with Crippen LogP contribution in [0.15, 0.2) is 52.3 Å². The van der Waals surface area contributed by atoms with Crippen molar-refractivity contribution in [1.29, 1.82) is 0 Å². The van der Waals surface area contributed by atoms with Crippen molar-refractivity contribution in [2.45, 2.75) is 41.2 Å². The number of nitrogens with one attached hydrogen (secondary N) is 1. The lowest BCUT2D eigenvalue weighted by Gasteiger charge is -2.31. The Morgan fingerprint density at radius 1 is 1.23 bits per heavy atom. The van der Waals surface area contributed by atoms with Crippen LogP contribution < -0.4 is 9.62 Å². The molecule has 1 amide bonds. The van der Waals surface area contributed by atoms with Gasteiger partial charge in [-0.2, -0.15) is 0 Å². The highest BCUT2D eigenvalue weighted by Crippen LogP contribution is 2.39. The maximum absolute atomic E-state index is 13.2. The Kier molecular flexibility index (Phi) is 4.44. The van der Waals surface area contributed by atoms with Gasteiger partial charge in [0.05, 0.1) is 21.5 Å². The van der Waals surface area contributed by atoms with Gasteiger partial charge in [0, 0.05) is 11.4 Å². The maximum atomic E-state index is 13.2. The Morgan fingerprint density at radius 2 is 2.04 bits per heavy atom. The third kappa shape index (κ3) is 2.89. The van der Waals surface area contributed by atoms with Crippen molar-refractivity contribution >= 4 is 39.1 Å². The van der Waals surface area contributed by atoms with E-state index in [4.69, 9.17) is 0 Å². The molecule has 4 rings (SSSR count). The fourth-order valence-electron chi connectivity index (χ4n) is 3.43. The molecule has 2 aromatic carbocycles. The van der Waals surface area contributed by atoms with Gasteiger partial charge >= 0.3 is 0 Å². The maximum Gasteiger partial charge on any atom is 0.264 e. The van der Waals surface area contributed by atoms with E-state index in [1.54, 1.807) is 18.2 Å². The average molecular weight is 389 g/mol. The van der Waals surface area contributed by atoms with Gasteiger partial charge < -0.3 is 5.32 Å². The van der Waals surface area contributed by atoms with Crippen molar-refractivity contribution < 1.29 is 13.2 Å². The van der Waals surface area contributed by atoms with Crippen LogP contribution in [-0.4, -0.2) is 26.1 Å². The summed E-state index contributed by atoms with van der Waals surface area (Å²) in [6.07, 6.45) is 2.42. The van der Waals surface area contributed by atoms with E-state index in [1.807, 2.05) is 31.2 Å². The summed E-state index contributed by atoms with van der Waals surface area (Å²) in [5, 5.41) is 2.73. The largest absolute Gasteiger partial charge is 0.324 e. The van der Waals surface area contributed by atoms with Gasteiger partial charge in [-0.15, -0.1) is 11.8 Å². The van der Waals surface area contributed by atoms with E-state index in [1.165, 1.54) is 16.1 Å². The third-order valence-electron chi connectivity index (χ3n) is 4.80. The van der Waals surface area contributed by atoms with Crippen LogP contribution in [0.3, 0.4) is 0 Å². The number of carbonyl (C=O) groups excluding carboxylic acids is 1. The molecule has 0 saturated carbocycles. The first-order valence-electron chi connectivity index (χ1n) is 8.73. The molecule has 0 spiro atoms. The number of nitrogens with zero attached hydrogens (tertiary/aromatic N) is 1. The fourth-order valence-corrected chi connectivity index (χ4v) is 6.03. The van der Waals surface area contributed by atoms with Crippen molar-refractivity contribution in [2.24, 2.45) is 0 Å². The SMILES string of the molecule is CC[C@H]1Sc2ccc(S(=O)(=O)N3CCCc4ccccc43)cc2NC1=O. The molecule has 0 saturated heterocycles. The lowest BCUT2D eigenvalue weighted by molar-refractivity contribution is -0.115. The van der Waals surface area contributed by atoms with Crippen LogP contribution in [0.5, 0.6) is 0 Å². The summed E-state index contributed by atoms with van der Waals surface area (Å²) in [5.74, 6) is -0.0668. The Labute approximate surface area is 157 Å². The third-order valence-corrected chi connectivity index (χ3v) is 8.05. The van der Waals surface area contributed by atoms with Gasteiger partial charge in [0.25, 0.3) is 10.0 Å². The molecular formula is C19H20N2O3S2. The smallest absolute Gasteiger partial charge is 0.264 e. The number of para-hydroxylation sites is 1. The Hall–Kier alpha value is -1.99. The highest BCUT2D eigenvalue weighted by molar-refractivity contribution is 8.01. The van der Waals surface area contributed by atoms with Gasteiger partial charge in [0.1, 0.15) is 0 Å². The predicted octanol–water partition coefficient (Wildman–Crippen LogP) is 3.65. The number of thioether (sulfide) groups is 1. The number of carbonyl (C=O) groups is 1. The summed E-state index contributed by atoms with van der Waals surface area (Å²) < 4.78 is 28.0. The normalized spacial score (nSPS) is 19.5. The molecule has 0 bridgehead atoms. The number of hydrogen-bond donors (Lipinski definition) is 1. The van der Waals surface area contributed by atoms with Gasteiger partial charge in [0.2, 0.25) is 5.91 Å². The number of hydrogen-bond acceptors (Lipinski definition) is 4. The Balaban J connectivity index is 1.72. The van der Waals surface area contributed by atoms with E-state index < -0.39 is 10.0 Å². The standard InChI is InChI=1S/C19H20N2O3S2/c1-2-17-19(22)20-15-12-14(9-10-18(15)25-17)26(23,24)21-11-5-7-13-6-3-4-8-16(13)21/h3-4,6,8-10,12,17H,2,5,7,11H2,1H3,(H,20,22)/t17-/m1/s1. The number of sulfonamides is 1. The van der Waals surface area contributed by atoms with E-state index in [0.717, 1.165) is 35.4 Å². The van der Waals surface area contributed by atoms with Gasteiger partial charge in [-0.25, -0.2) is 8.42 Å². The molecule has 0 aromatic heterocycles. The van der Waals surface area contributed by atoms with Crippen molar-refractivity contribution in [3.05, 3.63) is 48.0 Å². The van der Waals surface area contributed by atoms with Crippen LogP contribution in [0.2, 0.25) is 0 Å². The fraction of sp³-hybridized carbons (Fsp3) is 0.316. The number of fused-ring (bicyclic) bond motifs is 2. The quantitative estimate of drug-likeness (QED) is 0.872. The average Bonchev–Trinajstić information content (AvgIpc) is 2.66. The summed E-state index contributed by atoms with van der Waals surface area (Å²) in [6, 6.07) is 12.7. The van der Waals surface area contributed by atoms with Crippen molar-refractivity contribution in [3.63, 3.8) is 0 Å². The lowest BCUT2D eigenvalue weighted by atomic mass is 10.0. The zero-order valence-electron chi connectivity index (χ0n) is 14.4. The van der Waals surface area contributed by atoms with Crippen LogP contribution in [0, 0.1) is 0 Å². The molecule has 7 heteroatoms. The molecule has 2 heterocycles. The first kappa shape index (κ1) is 17.4. The molecular weight excluding hydrogens is 368 g/mol. The Bertz CT molecular complexity index is 972. The van der Waals surface area contributed by atoms with E-state index in [-0.39, 0.29) is 16.1 Å². The second-order valence-corrected chi connectivity index (χ2v) is 9.58. The minimum absolute atomic E-state index is 0.0668. The summed E-state index contributed by atoms with van der Waals surface area (Å²) in [4.78, 5) is 13.2. The molecule has 0 fully saturated rings. The first-order chi connectivity index (χ1) is 12.5. The molecule has 5 nitrogen and oxygen atoms in total. The van der Waals surface area contributed by atoms with Crippen LogP contribution in [0.4, 0.5) is 11.4 Å². The monoisotopic (exact) mass is 388 g/mol. The Morgan fingerprint density at radius 3 is 2.85 bits per heavy atom. The molecule has 0 aliphatic carbocycles. The minimum Gasteiger partial charge on any atom is -0.324 e. The van der Waals surface area contributed by atoms with Gasteiger partial charge in [0.15, 0.2) is 0 Å². The number of aryl methyl sites for hydroxylation is 1. The van der Waals surface area contributed by atoms with Gasteiger partial charge in [-0.1, -0.05) is 25.1 Å². The summed E-state index contributed by atoms with van der Waals surface area (Å²) in [7, 11) is -3.67. The van der Waals surface area contributed by atoms with Crippen LogP contribution in [0.25, 0.3) is 0 Å². The first-order valence-corrected chi connectivity index (χ1v) is 11.0. The summed E-state index contributed by atoms with van der Waals surface area (Å²) in [5.41, 5.74) is 2.38. The second kappa shape index (κ2) is 6.63. The van der Waals surface area contributed by atoms with Crippen molar-refractivity contribution in [3.8, 4) is 0 Å². The minimum atomic E-state index is -3.67. The molecule has 2 aliphatic rings. The zero-order chi connectivity index (χ0) is 18.3. The molecule has 26 heavy (non-hydrogen) atoms. The predicted molar refractivity (Wildman–Crippen MR) is 104 cm³/mol. The highest BCUT2D eigenvalue weighted by Gasteiger charge is 2.31. The molecule has 2 aromatic rings. The number of rotatable bonds is 3. The van der Waals surface area contributed by atoms with Crippen molar-refractivity contribution in [2.75, 3.05) is 16.2 Å². The summed E-state index contributed by atoms with van der Waals surface area (Å²) in [6.45, 7) is 2.43. The van der Waals surface area contributed by atoms with E-state index in [2.05, 4.69) is 5.32 Å². The van der Waals surface area contributed by atoms with Gasteiger partial charge in [-0.05, 0) is 49.1 Å². The number of amides is 1. The lowest BCUT2D eigenvalue weighted by Crippen LogP contribution is -2.35. The van der Waals surface area contributed by atoms with Crippen LogP contribution in [-0.2, 0) is 21.2 Å². The van der Waals surface area contributed by atoms with Gasteiger partial charge in [-0.3, -0.25) is 9.10 Å². The zero-order valence-corrected chi connectivity index (χ0v) is 16.1. The van der Waals surface area contributed by atoms with Crippen molar-refractivity contribution in [1.82, 2.24) is 0 Å². The topological polar surface area (TPSA) is 66.5 Å². The van der Waals surface area contributed by atoms with Crippen LogP contribution in [0.1, 0.15) is 25.3 Å². The highest BCUT2D eigenvalue weighted by atomic mass is 32.2. The number of anilines is 2.